The number of carboxylic acids is 1. The second kappa shape index (κ2) is 5.25. The first-order valence-electron chi connectivity index (χ1n) is 5.11. The van der Waals surface area contributed by atoms with Gasteiger partial charge in [-0.05, 0) is 6.42 Å². The molecule has 0 amide bonds. The van der Waals surface area contributed by atoms with E-state index in [1.165, 1.54) is 0 Å². The van der Waals surface area contributed by atoms with E-state index in [4.69, 9.17) is 14.9 Å². The highest BCUT2D eigenvalue weighted by Gasteiger charge is 2.36. The Hall–Kier alpha value is -0.460. The van der Waals surface area contributed by atoms with Crippen molar-refractivity contribution in [2.45, 2.75) is 25.2 Å². The first-order chi connectivity index (χ1) is 7.36. The summed E-state index contributed by atoms with van der Waals surface area (Å²) in [5, 5.41) is 11.6. The number of rotatable bonds is 4. The Kier molecular flexibility index (Phi) is 4.46. The molecule has 0 saturated carbocycles. The number of carboxylic acid groups (broad SMARTS) is 1. The molecule has 8 heteroatoms. The quantitative estimate of drug-likeness (QED) is 0.488. The van der Waals surface area contributed by atoms with Gasteiger partial charge in [-0.1, -0.05) is 6.92 Å². The highest BCUT2D eigenvalue weighted by molar-refractivity contribution is 7.52. The van der Waals surface area contributed by atoms with Crippen molar-refractivity contribution >= 4 is 13.6 Å². The fourth-order valence-electron chi connectivity index (χ4n) is 1.92. The highest BCUT2D eigenvalue weighted by atomic mass is 31.2. The third-order valence-corrected chi connectivity index (χ3v) is 4.15. The molecule has 1 fully saturated rings. The normalized spacial score (nSPS) is 25.3. The van der Waals surface area contributed by atoms with Gasteiger partial charge in [0.2, 0.25) is 0 Å². The molecule has 0 aliphatic carbocycles. The van der Waals surface area contributed by atoms with Crippen molar-refractivity contribution in [3.05, 3.63) is 0 Å². The Morgan fingerprint density at radius 1 is 1.62 bits per heavy atom. The number of nitrogens with zero attached hydrogens (tertiary/aromatic N) is 1. The Labute approximate surface area is 93.6 Å². The zero-order chi connectivity index (χ0) is 12.3. The maximum Gasteiger partial charge on any atom is 0.342 e. The second-order valence-electron chi connectivity index (χ2n) is 3.82. The van der Waals surface area contributed by atoms with E-state index in [9.17, 15) is 9.36 Å². The number of hydrogen-bond donors (Lipinski definition) is 4. The summed E-state index contributed by atoms with van der Waals surface area (Å²) in [6.45, 7) is 2.68. The summed E-state index contributed by atoms with van der Waals surface area (Å²) in [5.74, 6) is -1.87. The Morgan fingerprint density at radius 3 is 2.69 bits per heavy atom. The van der Waals surface area contributed by atoms with Crippen molar-refractivity contribution in [3.63, 3.8) is 0 Å². The fourth-order valence-corrected chi connectivity index (χ4v) is 3.03. The zero-order valence-corrected chi connectivity index (χ0v) is 9.93. The second-order valence-corrected chi connectivity index (χ2v) is 5.59. The van der Waals surface area contributed by atoms with Crippen molar-refractivity contribution in [2.75, 3.05) is 19.6 Å². The lowest BCUT2D eigenvalue weighted by atomic mass is 10.2. The minimum atomic E-state index is -4.20. The molecule has 0 bridgehead atoms. The molecular weight excluding hydrogens is 235 g/mol. The molecule has 2 unspecified atom stereocenters. The van der Waals surface area contributed by atoms with Crippen LogP contribution in [-0.4, -0.2) is 57.2 Å². The lowest BCUT2D eigenvalue weighted by Crippen LogP contribution is -2.56. The van der Waals surface area contributed by atoms with Gasteiger partial charge >= 0.3 is 13.6 Å². The third-order valence-electron chi connectivity index (χ3n) is 2.68. The SMILES string of the molecule is CCC(N1CCNC(C(=O)O)C1)P(=O)(O)O. The summed E-state index contributed by atoms with van der Waals surface area (Å²) < 4.78 is 11.2. The topological polar surface area (TPSA) is 110 Å². The maximum atomic E-state index is 11.2. The monoisotopic (exact) mass is 252 g/mol. The van der Waals surface area contributed by atoms with Gasteiger partial charge in [0.15, 0.2) is 0 Å². The molecule has 0 spiro atoms. The average molecular weight is 252 g/mol. The van der Waals surface area contributed by atoms with E-state index in [0.29, 0.717) is 19.5 Å². The lowest BCUT2D eigenvalue weighted by molar-refractivity contribution is -0.140. The summed E-state index contributed by atoms with van der Waals surface area (Å²) >= 11 is 0. The molecule has 2 atom stereocenters. The van der Waals surface area contributed by atoms with Crippen molar-refractivity contribution in [1.29, 1.82) is 0 Å². The number of aliphatic carboxylic acids is 1. The van der Waals surface area contributed by atoms with E-state index >= 15 is 0 Å². The van der Waals surface area contributed by atoms with Crippen LogP contribution in [0.3, 0.4) is 0 Å². The Morgan fingerprint density at radius 2 is 2.25 bits per heavy atom. The molecule has 0 aromatic heterocycles. The van der Waals surface area contributed by atoms with E-state index in [0.717, 1.165) is 0 Å². The minimum Gasteiger partial charge on any atom is -0.480 e. The maximum absolute atomic E-state index is 11.2. The lowest BCUT2D eigenvalue weighted by Gasteiger charge is -2.37. The van der Waals surface area contributed by atoms with Gasteiger partial charge in [0, 0.05) is 19.6 Å². The summed E-state index contributed by atoms with van der Waals surface area (Å²) in [4.78, 5) is 30.6. The van der Waals surface area contributed by atoms with Crippen molar-refractivity contribution in [3.8, 4) is 0 Å². The molecule has 1 saturated heterocycles. The average Bonchev–Trinajstić information content (AvgIpc) is 2.17. The Bertz CT molecular complexity index is 305. The van der Waals surface area contributed by atoms with Gasteiger partial charge in [-0.15, -0.1) is 0 Å². The van der Waals surface area contributed by atoms with E-state index in [1.807, 2.05) is 0 Å². The van der Waals surface area contributed by atoms with Crippen LogP contribution in [0, 0.1) is 0 Å². The van der Waals surface area contributed by atoms with Gasteiger partial charge in [-0.25, -0.2) is 0 Å². The predicted octanol–water partition coefficient (Wildman–Crippen LogP) is -0.741. The smallest absolute Gasteiger partial charge is 0.342 e. The number of hydrogen-bond acceptors (Lipinski definition) is 4. The number of carbonyl (C=O) groups is 1. The molecule has 1 aliphatic rings. The number of nitrogens with one attached hydrogen (secondary N) is 1. The van der Waals surface area contributed by atoms with Crippen LogP contribution in [-0.2, 0) is 9.36 Å². The van der Waals surface area contributed by atoms with Gasteiger partial charge in [0.25, 0.3) is 0 Å². The van der Waals surface area contributed by atoms with E-state index in [2.05, 4.69) is 5.32 Å². The molecule has 0 aromatic rings. The van der Waals surface area contributed by atoms with Crippen LogP contribution < -0.4 is 5.32 Å². The number of piperazine rings is 1. The van der Waals surface area contributed by atoms with Crippen molar-refractivity contribution in [2.24, 2.45) is 0 Å². The molecule has 0 aromatic carbocycles. The van der Waals surface area contributed by atoms with Crippen LogP contribution in [0.15, 0.2) is 0 Å². The summed E-state index contributed by atoms with van der Waals surface area (Å²) in [6, 6.07) is -0.755. The van der Waals surface area contributed by atoms with E-state index in [1.54, 1.807) is 11.8 Å². The molecule has 1 heterocycles. The van der Waals surface area contributed by atoms with Gasteiger partial charge in [-0.2, -0.15) is 0 Å². The summed E-state index contributed by atoms with van der Waals surface area (Å²) in [7, 11) is -4.20. The molecule has 0 radical (unpaired) electrons. The van der Waals surface area contributed by atoms with Crippen LogP contribution in [0.2, 0.25) is 0 Å². The molecule has 94 valence electrons. The fraction of sp³-hybridized carbons (Fsp3) is 0.875. The highest BCUT2D eigenvalue weighted by Crippen LogP contribution is 2.44. The minimum absolute atomic E-state index is 0.124. The van der Waals surface area contributed by atoms with Crippen LogP contribution in [0.5, 0.6) is 0 Å². The van der Waals surface area contributed by atoms with Crippen LogP contribution in [0.4, 0.5) is 0 Å². The molecule has 7 nitrogen and oxygen atoms in total. The van der Waals surface area contributed by atoms with Crippen LogP contribution in [0.25, 0.3) is 0 Å². The van der Waals surface area contributed by atoms with Crippen molar-refractivity contribution < 1.29 is 24.3 Å². The van der Waals surface area contributed by atoms with E-state index < -0.39 is 25.4 Å². The van der Waals surface area contributed by atoms with E-state index in [-0.39, 0.29) is 6.54 Å². The molecular formula is C8H17N2O5P. The standard InChI is InChI=1S/C8H17N2O5P/c1-2-7(16(13,14)15)10-4-3-9-6(5-10)8(11)12/h6-7,9H,2-5H2,1H3,(H,11,12)(H2,13,14,15). The van der Waals surface area contributed by atoms with Gasteiger partial charge in [0.05, 0.1) is 0 Å². The molecule has 16 heavy (non-hydrogen) atoms. The first-order valence-corrected chi connectivity index (χ1v) is 6.80. The van der Waals surface area contributed by atoms with Crippen LogP contribution >= 0.6 is 7.60 Å². The predicted molar refractivity (Wildman–Crippen MR) is 57.1 cm³/mol. The summed E-state index contributed by atoms with van der Waals surface area (Å²) in [6.07, 6.45) is 0.302. The third kappa shape index (κ3) is 3.26. The van der Waals surface area contributed by atoms with Crippen LogP contribution in [0.1, 0.15) is 13.3 Å². The van der Waals surface area contributed by atoms with Crippen molar-refractivity contribution in [1.82, 2.24) is 10.2 Å². The van der Waals surface area contributed by atoms with Gasteiger partial charge in [-0.3, -0.25) is 14.3 Å². The summed E-state index contributed by atoms with van der Waals surface area (Å²) in [5.41, 5.74) is 0. The largest absolute Gasteiger partial charge is 0.480 e. The molecule has 1 aliphatic heterocycles. The molecule has 1 rings (SSSR count). The van der Waals surface area contributed by atoms with Gasteiger partial charge in [0.1, 0.15) is 11.8 Å². The first kappa shape index (κ1) is 13.6. The van der Waals surface area contributed by atoms with Gasteiger partial charge < -0.3 is 20.2 Å². The Balaban J connectivity index is 2.72. The molecule has 4 N–H and O–H groups in total. The zero-order valence-electron chi connectivity index (χ0n) is 9.04.